The lowest BCUT2D eigenvalue weighted by Gasteiger charge is -2.05. The fourth-order valence-electron chi connectivity index (χ4n) is 2.34. The summed E-state index contributed by atoms with van der Waals surface area (Å²) in [4.78, 5) is -0.600. The van der Waals surface area contributed by atoms with Gasteiger partial charge >= 0.3 is 0 Å². The Bertz CT molecular complexity index is 1270. The molecular weight excluding hydrogens is 423 g/mol. The number of benzene rings is 3. The van der Waals surface area contributed by atoms with Crippen LogP contribution in [0.15, 0.2) is 74.6 Å². The maximum absolute atomic E-state index is 11.2. The summed E-state index contributed by atoms with van der Waals surface area (Å²) in [6.45, 7) is 0. The van der Waals surface area contributed by atoms with E-state index in [-0.39, 0.29) is 44.3 Å². The van der Waals surface area contributed by atoms with Crippen molar-refractivity contribution in [2.45, 2.75) is 9.79 Å². The lowest BCUT2D eigenvalue weighted by atomic mass is 10.1. The van der Waals surface area contributed by atoms with Crippen LogP contribution in [0.1, 0.15) is 0 Å². The molecule has 0 saturated carbocycles. The molecule has 143 valence electrons. The van der Waals surface area contributed by atoms with E-state index in [9.17, 15) is 21.9 Å². The number of fused-ring (bicyclic) bond motifs is 1. The van der Waals surface area contributed by atoms with Gasteiger partial charge in [0, 0.05) is 22.7 Å². The Kier molecular flexibility index (Phi) is 6.25. The molecule has 12 heteroatoms. The number of phenolic OH excluding ortho intramolecular Hbond substituents is 1. The molecule has 0 saturated heterocycles. The second-order valence-electron chi connectivity index (χ2n) is 5.46. The van der Waals surface area contributed by atoms with Crippen LogP contribution in [-0.4, -0.2) is 48.4 Å². The van der Waals surface area contributed by atoms with E-state index in [0.29, 0.717) is 10.8 Å². The first kappa shape index (κ1) is 22.0. The second-order valence-corrected chi connectivity index (χ2v) is 8.30. The summed E-state index contributed by atoms with van der Waals surface area (Å²) in [7, 11) is -8.69. The Balaban J connectivity index is 0.00000280. The quantitative estimate of drug-likeness (QED) is 0.323. The first-order valence-electron chi connectivity index (χ1n) is 7.28. The highest BCUT2D eigenvalue weighted by molar-refractivity contribution is 7.86. The molecule has 28 heavy (non-hydrogen) atoms. The molecule has 9 nitrogen and oxygen atoms in total. The van der Waals surface area contributed by atoms with Crippen molar-refractivity contribution in [2.24, 2.45) is 10.2 Å². The zero-order chi connectivity index (χ0) is 19.8. The summed E-state index contributed by atoms with van der Waals surface area (Å²) >= 11 is 0. The number of hydrogen-bond donors (Lipinski definition) is 3. The van der Waals surface area contributed by atoms with Crippen molar-refractivity contribution >= 4 is 59.7 Å². The van der Waals surface area contributed by atoms with Crippen LogP contribution in [0.4, 0.5) is 11.4 Å². The summed E-state index contributed by atoms with van der Waals surface area (Å²) in [6.07, 6.45) is 0. The largest absolute Gasteiger partial charge is 0.506 e. The van der Waals surface area contributed by atoms with E-state index in [4.69, 9.17) is 9.11 Å². The zero-order valence-corrected chi connectivity index (χ0v) is 16.7. The van der Waals surface area contributed by atoms with Gasteiger partial charge in [-0.25, -0.2) is 0 Å². The molecular formula is C16H12AlN2O7S2. The molecule has 0 atom stereocenters. The standard InChI is InChI=1S/C16H12N2O7S2.Al/c19-15-8-1-10-9-13(27(23,24)25)6-7-14(10)16(15)18-17-11-2-4-12(5-3-11)26(20,21)22;/h1-9,19H,(H,20,21,22)(H,23,24,25);. The highest BCUT2D eigenvalue weighted by Gasteiger charge is 2.13. The van der Waals surface area contributed by atoms with Crippen LogP contribution in [-0.2, 0) is 20.2 Å². The van der Waals surface area contributed by atoms with Gasteiger partial charge in [-0.3, -0.25) is 9.11 Å². The molecule has 3 N–H and O–H groups in total. The van der Waals surface area contributed by atoms with Gasteiger partial charge in [0.1, 0.15) is 11.4 Å². The molecule has 3 radical (unpaired) electrons. The van der Waals surface area contributed by atoms with E-state index in [1.54, 1.807) is 0 Å². The Hall–Kier alpha value is -2.33. The third kappa shape index (κ3) is 4.74. The molecule has 0 aliphatic carbocycles. The summed E-state index contributed by atoms with van der Waals surface area (Å²) in [5.41, 5.74) is 0.321. The minimum absolute atomic E-state index is 0. The van der Waals surface area contributed by atoms with Crippen molar-refractivity contribution in [1.29, 1.82) is 0 Å². The molecule has 0 aliphatic heterocycles. The lowest BCUT2D eigenvalue weighted by molar-refractivity contribution is 0.477. The molecule has 0 bridgehead atoms. The molecule has 0 spiro atoms. The zero-order valence-electron chi connectivity index (χ0n) is 14.0. The maximum atomic E-state index is 11.2. The molecule has 0 amide bonds. The van der Waals surface area contributed by atoms with Crippen LogP contribution >= 0.6 is 0 Å². The molecule has 3 rings (SSSR count). The normalized spacial score (nSPS) is 12.2. The Labute approximate surface area is 171 Å². The molecule has 0 aliphatic rings. The third-order valence-corrected chi connectivity index (χ3v) is 5.36. The molecule has 3 aromatic rings. The SMILES string of the molecule is O=S(=O)(O)c1ccc(N=Nc2c(O)ccc3cc(S(=O)(=O)O)ccc23)cc1.[Al]. The molecule has 0 aromatic heterocycles. The predicted molar refractivity (Wildman–Crippen MR) is 102 cm³/mol. The lowest BCUT2D eigenvalue weighted by Crippen LogP contribution is -1.97. The van der Waals surface area contributed by atoms with Crippen molar-refractivity contribution in [3.63, 3.8) is 0 Å². The van der Waals surface area contributed by atoms with Gasteiger partial charge in [0.25, 0.3) is 20.2 Å². The Morgan fingerprint density at radius 1 is 0.714 bits per heavy atom. The van der Waals surface area contributed by atoms with E-state index >= 15 is 0 Å². The summed E-state index contributed by atoms with van der Waals surface area (Å²) in [5, 5.41) is 18.7. The van der Waals surface area contributed by atoms with E-state index in [0.717, 1.165) is 18.2 Å². The van der Waals surface area contributed by atoms with Crippen LogP contribution in [0, 0.1) is 0 Å². The van der Waals surface area contributed by atoms with Gasteiger partial charge in [0.15, 0.2) is 0 Å². The predicted octanol–water partition coefficient (Wildman–Crippen LogP) is 3.07. The van der Waals surface area contributed by atoms with Gasteiger partial charge in [0.05, 0.1) is 15.5 Å². The van der Waals surface area contributed by atoms with Crippen LogP contribution < -0.4 is 0 Å². The average Bonchev–Trinajstić information content (AvgIpc) is 2.59. The van der Waals surface area contributed by atoms with Crippen molar-refractivity contribution in [2.75, 3.05) is 0 Å². The van der Waals surface area contributed by atoms with E-state index in [2.05, 4.69) is 10.2 Å². The molecule has 0 fully saturated rings. The maximum Gasteiger partial charge on any atom is 0.294 e. The average molecular weight is 435 g/mol. The van der Waals surface area contributed by atoms with Gasteiger partial charge in [-0.2, -0.15) is 21.9 Å². The highest BCUT2D eigenvalue weighted by atomic mass is 32.2. The number of nitrogens with zero attached hydrogens (tertiary/aromatic N) is 2. The van der Waals surface area contributed by atoms with Crippen molar-refractivity contribution in [3.05, 3.63) is 54.6 Å². The Morgan fingerprint density at radius 3 is 1.86 bits per heavy atom. The number of azo groups is 1. The number of hydrogen-bond acceptors (Lipinski definition) is 7. The van der Waals surface area contributed by atoms with E-state index in [1.807, 2.05) is 0 Å². The van der Waals surface area contributed by atoms with Crippen LogP contribution in [0.2, 0.25) is 0 Å². The van der Waals surface area contributed by atoms with Crippen molar-refractivity contribution < 1.29 is 31.0 Å². The minimum Gasteiger partial charge on any atom is -0.506 e. The van der Waals surface area contributed by atoms with Gasteiger partial charge < -0.3 is 5.11 Å². The summed E-state index contributed by atoms with van der Waals surface area (Å²) in [6, 6.07) is 11.4. The molecule has 3 aromatic carbocycles. The fraction of sp³-hybridized carbons (Fsp3) is 0. The van der Waals surface area contributed by atoms with Gasteiger partial charge in [-0.1, -0.05) is 12.1 Å². The van der Waals surface area contributed by atoms with Crippen LogP contribution in [0.25, 0.3) is 10.8 Å². The second kappa shape index (κ2) is 7.96. The minimum atomic E-state index is -4.37. The van der Waals surface area contributed by atoms with E-state index in [1.165, 1.54) is 36.4 Å². The topological polar surface area (TPSA) is 154 Å². The first-order valence-corrected chi connectivity index (χ1v) is 10.2. The fourth-order valence-corrected chi connectivity index (χ4v) is 3.33. The number of rotatable bonds is 4. The van der Waals surface area contributed by atoms with Gasteiger partial charge in [-0.05, 0) is 47.9 Å². The number of phenols is 1. The number of aromatic hydroxyl groups is 1. The summed E-state index contributed by atoms with van der Waals surface area (Å²) < 4.78 is 62.6. The first-order chi connectivity index (χ1) is 12.6. The Morgan fingerprint density at radius 2 is 1.29 bits per heavy atom. The van der Waals surface area contributed by atoms with Crippen molar-refractivity contribution in [3.8, 4) is 5.75 Å². The summed E-state index contributed by atoms with van der Waals surface area (Å²) in [5.74, 6) is -0.208. The van der Waals surface area contributed by atoms with Gasteiger partial charge in [0.2, 0.25) is 0 Å². The van der Waals surface area contributed by atoms with Gasteiger partial charge in [-0.15, -0.1) is 5.11 Å². The third-order valence-electron chi connectivity index (χ3n) is 3.64. The molecule has 0 heterocycles. The van der Waals surface area contributed by atoms with Crippen LogP contribution in [0.3, 0.4) is 0 Å². The van der Waals surface area contributed by atoms with E-state index < -0.39 is 20.2 Å². The molecule has 0 unspecified atom stereocenters. The van der Waals surface area contributed by atoms with Crippen LogP contribution in [0.5, 0.6) is 5.75 Å². The highest BCUT2D eigenvalue weighted by Crippen LogP contribution is 2.37. The van der Waals surface area contributed by atoms with Crippen molar-refractivity contribution in [1.82, 2.24) is 0 Å². The monoisotopic (exact) mass is 435 g/mol. The smallest absolute Gasteiger partial charge is 0.294 e.